The summed E-state index contributed by atoms with van der Waals surface area (Å²) in [4.78, 5) is 36.6. The zero-order chi connectivity index (χ0) is 14.0. The van der Waals surface area contributed by atoms with E-state index in [1.807, 2.05) is 4.98 Å². The lowest BCUT2D eigenvalue weighted by Gasteiger charge is -2.08. The van der Waals surface area contributed by atoms with Crippen LogP contribution in [0.1, 0.15) is 6.92 Å². The number of halogens is 1. The molecular weight excluding hydrogens is 255 g/mol. The summed E-state index contributed by atoms with van der Waals surface area (Å²) in [5, 5.41) is -0.258. The van der Waals surface area contributed by atoms with Gasteiger partial charge in [-0.2, -0.15) is 0 Å². The second-order valence-electron chi connectivity index (χ2n) is 3.78. The van der Waals surface area contributed by atoms with Crippen molar-refractivity contribution in [1.29, 1.82) is 0 Å². The molecule has 0 aliphatic carbocycles. The average molecular weight is 266 g/mol. The van der Waals surface area contributed by atoms with Gasteiger partial charge in [0.1, 0.15) is 12.4 Å². The monoisotopic (exact) mass is 266 g/mol. The van der Waals surface area contributed by atoms with Crippen molar-refractivity contribution in [3.05, 3.63) is 44.9 Å². The Balaban J connectivity index is 2.67. The van der Waals surface area contributed by atoms with E-state index in [1.54, 1.807) is 6.92 Å². The number of nitrogens with zero attached hydrogens (tertiary/aromatic N) is 1. The van der Waals surface area contributed by atoms with Crippen molar-refractivity contribution in [2.24, 2.45) is 0 Å². The maximum absolute atomic E-state index is 13.6. The minimum Gasteiger partial charge on any atom is -0.465 e. The molecule has 0 amide bonds. The minimum absolute atomic E-state index is 0.0572. The highest BCUT2D eigenvalue weighted by molar-refractivity contribution is 5.80. The molecule has 0 aliphatic rings. The second kappa shape index (κ2) is 5.05. The lowest BCUT2D eigenvalue weighted by molar-refractivity contribution is -0.143. The Bertz CT molecular complexity index is 747. The number of nitrogens with one attached hydrogen (secondary N) is 1. The first kappa shape index (κ1) is 13.0. The van der Waals surface area contributed by atoms with E-state index >= 15 is 0 Å². The van der Waals surface area contributed by atoms with Gasteiger partial charge in [-0.1, -0.05) is 6.07 Å². The van der Waals surface area contributed by atoms with E-state index < -0.39 is 23.0 Å². The number of aromatic amines is 1. The SMILES string of the molecule is CCOC(=O)Cn1c(=O)[nH]c(=O)c2c(F)cccc21. The van der Waals surface area contributed by atoms with Gasteiger partial charge in [-0.3, -0.25) is 19.1 Å². The highest BCUT2D eigenvalue weighted by Gasteiger charge is 2.13. The van der Waals surface area contributed by atoms with E-state index in [0.29, 0.717) is 0 Å². The fourth-order valence-corrected chi connectivity index (χ4v) is 1.79. The molecule has 1 aromatic carbocycles. The van der Waals surface area contributed by atoms with Gasteiger partial charge in [0.05, 0.1) is 17.5 Å². The number of hydrogen-bond acceptors (Lipinski definition) is 4. The molecule has 2 rings (SSSR count). The number of fused-ring (bicyclic) bond motifs is 1. The predicted octanol–water partition coefficient (Wildman–Crippen LogP) is 0.392. The van der Waals surface area contributed by atoms with Crippen molar-refractivity contribution < 1.29 is 13.9 Å². The first-order valence-electron chi connectivity index (χ1n) is 5.61. The van der Waals surface area contributed by atoms with Crippen LogP contribution >= 0.6 is 0 Å². The van der Waals surface area contributed by atoms with Crippen LogP contribution in [0, 0.1) is 5.82 Å². The number of hydrogen-bond donors (Lipinski definition) is 1. The third-order valence-electron chi connectivity index (χ3n) is 2.57. The van der Waals surface area contributed by atoms with Gasteiger partial charge in [-0.25, -0.2) is 9.18 Å². The summed E-state index contributed by atoms with van der Waals surface area (Å²) < 4.78 is 19.3. The van der Waals surface area contributed by atoms with Crippen molar-refractivity contribution in [3.63, 3.8) is 0 Å². The molecule has 1 N–H and O–H groups in total. The van der Waals surface area contributed by atoms with Crippen LogP contribution in [0.2, 0.25) is 0 Å². The summed E-state index contributed by atoms with van der Waals surface area (Å²) in [7, 11) is 0. The lowest BCUT2D eigenvalue weighted by atomic mass is 10.2. The summed E-state index contributed by atoms with van der Waals surface area (Å²) in [5.74, 6) is -1.39. The standard InChI is InChI=1S/C12H11FN2O4/c1-2-19-9(16)6-15-8-5-3-4-7(13)10(8)11(17)14-12(15)18/h3-5H,2,6H2,1H3,(H,14,17,18). The van der Waals surface area contributed by atoms with Gasteiger partial charge < -0.3 is 4.74 Å². The molecule has 1 aromatic heterocycles. The van der Waals surface area contributed by atoms with Crippen molar-refractivity contribution in [1.82, 2.24) is 9.55 Å². The zero-order valence-electron chi connectivity index (χ0n) is 10.1. The Kier molecular flexibility index (Phi) is 3.46. The fraction of sp³-hybridized carbons (Fsp3) is 0.250. The van der Waals surface area contributed by atoms with Crippen molar-refractivity contribution in [3.8, 4) is 0 Å². The van der Waals surface area contributed by atoms with Gasteiger partial charge in [0.2, 0.25) is 0 Å². The van der Waals surface area contributed by atoms with Crippen LogP contribution in [0.15, 0.2) is 27.8 Å². The van der Waals surface area contributed by atoms with E-state index in [4.69, 9.17) is 4.74 Å². The molecule has 0 bridgehead atoms. The molecule has 2 aromatic rings. The van der Waals surface area contributed by atoms with E-state index in [0.717, 1.165) is 10.6 Å². The summed E-state index contributed by atoms with van der Waals surface area (Å²) in [6.07, 6.45) is 0. The van der Waals surface area contributed by atoms with Crippen LogP contribution in [0.5, 0.6) is 0 Å². The smallest absolute Gasteiger partial charge is 0.329 e. The average Bonchev–Trinajstić information content (AvgIpc) is 2.34. The summed E-state index contributed by atoms with van der Waals surface area (Å²) >= 11 is 0. The number of benzene rings is 1. The van der Waals surface area contributed by atoms with Crippen molar-refractivity contribution in [2.75, 3.05) is 6.61 Å². The van der Waals surface area contributed by atoms with Gasteiger partial charge >= 0.3 is 11.7 Å². The Morgan fingerprint density at radius 1 is 1.42 bits per heavy atom. The van der Waals surface area contributed by atoms with E-state index in [1.165, 1.54) is 12.1 Å². The van der Waals surface area contributed by atoms with Gasteiger partial charge in [-0.15, -0.1) is 0 Å². The van der Waals surface area contributed by atoms with Gasteiger partial charge in [0.25, 0.3) is 5.56 Å². The number of carbonyl (C=O) groups excluding carboxylic acids is 1. The summed E-state index contributed by atoms with van der Waals surface area (Å²) in [5.41, 5.74) is -1.55. The minimum atomic E-state index is -0.821. The molecule has 0 unspecified atom stereocenters. The van der Waals surface area contributed by atoms with Crippen LogP contribution in [0.4, 0.5) is 4.39 Å². The molecule has 0 atom stereocenters. The molecule has 0 spiro atoms. The highest BCUT2D eigenvalue weighted by atomic mass is 19.1. The summed E-state index contributed by atoms with van der Waals surface area (Å²) in [6, 6.07) is 3.86. The Hall–Kier alpha value is -2.44. The molecule has 0 radical (unpaired) electrons. The molecule has 100 valence electrons. The lowest BCUT2D eigenvalue weighted by Crippen LogP contribution is -2.33. The third kappa shape index (κ3) is 2.40. The third-order valence-corrected chi connectivity index (χ3v) is 2.57. The highest BCUT2D eigenvalue weighted by Crippen LogP contribution is 2.11. The van der Waals surface area contributed by atoms with Gasteiger partial charge in [0, 0.05) is 0 Å². The number of rotatable bonds is 3. The number of ether oxygens (including phenoxy) is 1. The van der Waals surface area contributed by atoms with Gasteiger partial charge in [0.15, 0.2) is 0 Å². The van der Waals surface area contributed by atoms with E-state index in [2.05, 4.69) is 0 Å². The molecule has 19 heavy (non-hydrogen) atoms. The molecule has 7 heteroatoms. The Morgan fingerprint density at radius 3 is 2.84 bits per heavy atom. The first-order valence-corrected chi connectivity index (χ1v) is 5.61. The topological polar surface area (TPSA) is 81.2 Å². The molecular formula is C12H11FN2O4. The van der Waals surface area contributed by atoms with Crippen LogP contribution in [-0.4, -0.2) is 22.1 Å². The van der Waals surface area contributed by atoms with Crippen molar-refractivity contribution in [2.45, 2.75) is 13.5 Å². The number of aromatic nitrogens is 2. The largest absolute Gasteiger partial charge is 0.465 e. The molecule has 0 aliphatic heterocycles. The molecule has 0 saturated heterocycles. The molecule has 6 nitrogen and oxygen atoms in total. The summed E-state index contributed by atoms with van der Waals surface area (Å²) in [6.45, 7) is 1.41. The fourth-order valence-electron chi connectivity index (χ4n) is 1.79. The van der Waals surface area contributed by atoms with E-state index in [-0.39, 0.29) is 24.1 Å². The Labute approximate surface area is 106 Å². The number of H-pyrrole nitrogens is 1. The van der Waals surface area contributed by atoms with Crippen LogP contribution in [-0.2, 0) is 16.1 Å². The normalized spacial score (nSPS) is 10.6. The van der Waals surface area contributed by atoms with E-state index in [9.17, 15) is 18.8 Å². The van der Waals surface area contributed by atoms with Gasteiger partial charge in [-0.05, 0) is 19.1 Å². The second-order valence-corrected chi connectivity index (χ2v) is 3.78. The first-order chi connectivity index (χ1) is 9.04. The predicted molar refractivity (Wildman–Crippen MR) is 65.4 cm³/mol. The zero-order valence-corrected chi connectivity index (χ0v) is 10.1. The number of esters is 1. The van der Waals surface area contributed by atoms with Crippen LogP contribution < -0.4 is 11.2 Å². The maximum atomic E-state index is 13.6. The van der Waals surface area contributed by atoms with Crippen LogP contribution in [0.25, 0.3) is 10.9 Å². The molecule has 0 saturated carbocycles. The van der Waals surface area contributed by atoms with Crippen molar-refractivity contribution >= 4 is 16.9 Å². The van der Waals surface area contributed by atoms with Crippen LogP contribution in [0.3, 0.4) is 0 Å². The Morgan fingerprint density at radius 2 is 2.16 bits per heavy atom. The number of carbonyl (C=O) groups is 1. The quantitative estimate of drug-likeness (QED) is 0.815. The maximum Gasteiger partial charge on any atom is 0.329 e. The molecule has 0 fully saturated rings. The molecule has 1 heterocycles.